The van der Waals surface area contributed by atoms with Gasteiger partial charge >= 0.3 is 0 Å². The van der Waals surface area contributed by atoms with Crippen molar-refractivity contribution in [2.75, 3.05) is 6.54 Å². The molecule has 21 heavy (non-hydrogen) atoms. The van der Waals surface area contributed by atoms with E-state index in [1.54, 1.807) is 0 Å². The van der Waals surface area contributed by atoms with Gasteiger partial charge in [0.15, 0.2) is 0 Å². The van der Waals surface area contributed by atoms with Crippen LogP contribution < -0.4 is 5.32 Å². The molecular formula is C18H21N3. The van der Waals surface area contributed by atoms with Crippen LogP contribution in [0.5, 0.6) is 0 Å². The minimum absolute atomic E-state index is 0.693. The smallest absolute Gasteiger partial charge is 0.133 e. The maximum absolute atomic E-state index is 4.91. The Balaban J connectivity index is 1.68. The van der Waals surface area contributed by atoms with Crippen molar-refractivity contribution >= 4 is 0 Å². The molecule has 108 valence electrons. The van der Waals surface area contributed by atoms with Crippen molar-refractivity contribution in [2.45, 2.75) is 45.1 Å². The number of aromatic nitrogens is 2. The van der Waals surface area contributed by atoms with E-state index < -0.39 is 0 Å². The zero-order valence-electron chi connectivity index (χ0n) is 12.5. The number of nitrogens with zero attached hydrogens (tertiary/aromatic N) is 2. The lowest BCUT2D eigenvalue weighted by Gasteiger charge is -2.20. The van der Waals surface area contributed by atoms with Crippen molar-refractivity contribution in [1.29, 1.82) is 0 Å². The van der Waals surface area contributed by atoms with Crippen molar-refractivity contribution in [1.82, 2.24) is 15.3 Å². The third-order valence-electron chi connectivity index (χ3n) is 4.46. The first-order valence-corrected chi connectivity index (χ1v) is 7.94. The fraction of sp³-hybridized carbons (Fsp3) is 0.444. The van der Waals surface area contributed by atoms with E-state index >= 15 is 0 Å². The summed E-state index contributed by atoms with van der Waals surface area (Å²) in [6.45, 7) is 4.11. The van der Waals surface area contributed by atoms with Crippen molar-refractivity contribution in [3.05, 3.63) is 58.2 Å². The predicted molar refractivity (Wildman–Crippen MR) is 83.4 cm³/mol. The fourth-order valence-corrected chi connectivity index (χ4v) is 3.08. The zero-order chi connectivity index (χ0) is 14.2. The van der Waals surface area contributed by atoms with Crippen molar-refractivity contribution < 1.29 is 0 Å². The Morgan fingerprint density at radius 1 is 1.14 bits per heavy atom. The number of rotatable bonds is 3. The third kappa shape index (κ3) is 2.70. The third-order valence-corrected chi connectivity index (χ3v) is 4.46. The quantitative estimate of drug-likeness (QED) is 0.938. The molecule has 0 spiro atoms. The maximum atomic E-state index is 4.91. The van der Waals surface area contributed by atoms with E-state index in [4.69, 9.17) is 9.97 Å². The molecule has 2 aromatic rings. The van der Waals surface area contributed by atoms with Gasteiger partial charge < -0.3 is 5.32 Å². The molecule has 0 bridgehead atoms. The molecule has 0 unspecified atom stereocenters. The highest BCUT2D eigenvalue weighted by atomic mass is 15.0. The van der Waals surface area contributed by atoms with Crippen LogP contribution in [0.2, 0.25) is 0 Å². The molecule has 3 nitrogen and oxygen atoms in total. The Kier molecular flexibility index (Phi) is 3.23. The number of aryl methyl sites for hydroxylation is 1. The minimum atomic E-state index is 0.693. The van der Waals surface area contributed by atoms with Gasteiger partial charge in [0.2, 0.25) is 0 Å². The molecule has 1 aromatic heterocycles. The molecule has 1 fully saturated rings. The Hall–Kier alpha value is -1.74. The van der Waals surface area contributed by atoms with Gasteiger partial charge in [0.05, 0.1) is 11.4 Å². The lowest BCUT2D eigenvalue weighted by atomic mass is 10.0. The van der Waals surface area contributed by atoms with E-state index in [0.717, 1.165) is 31.8 Å². The number of fused-ring (bicyclic) bond motifs is 1. The van der Waals surface area contributed by atoms with E-state index in [1.165, 1.54) is 40.9 Å². The first-order valence-electron chi connectivity index (χ1n) is 7.94. The summed E-state index contributed by atoms with van der Waals surface area (Å²) in [7, 11) is 0. The molecule has 1 saturated carbocycles. The summed E-state index contributed by atoms with van der Waals surface area (Å²) in [4.78, 5) is 9.77. The average molecular weight is 279 g/mol. The van der Waals surface area contributed by atoms with Gasteiger partial charge in [-0.15, -0.1) is 0 Å². The van der Waals surface area contributed by atoms with Crippen LogP contribution >= 0.6 is 0 Å². The van der Waals surface area contributed by atoms with E-state index in [9.17, 15) is 0 Å². The molecule has 2 aliphatic rings. The van der Waals surface area contributed by atoms with Gasteiger partial charge in [-0.3, -0.25) is 0 Å². The summed E-state index contributed by atoms with van der Waals surface area (Å²) in [6.07, 6.45) is 4.49. The highest BCUT2D eigenvalue weighted by Gasteiger charge is 2.30. The Morgan fingerprint density at radius 3 is 2.71 bits per heavy atom. The second-order valence-corrected chi connectivity index (χ2v) is 6.31. The number of nitrogens with one attached hydrogen (secondary N) is 1. The molecule has 3 heteroatoms. The summed E-state index contributed by atoms with van der Waals surface area (Å²) in [5.41, 5.74) is 6.60. The topological polar surface area (TPSA) is 37.8 Å². The molecule has 0 saturated heterocycles. The number of hydrogen-bond acceptors (Lipinski definition) is 3. The average Bonchev–Trinajstić information content (AvgIpc) is 3.33. The summed E-state index contributed by atoms with van der Waals surface area (Å²) < 4.78 is 0. The molecular weight excluding hydrogens is 258 g/mol. The Morgan fingerprint density at radius 2 is 1.95 bits per heavy atom. The molecule has 4 rings (SSSR count). The normalized spacial score (nSPS) is 17.6. The highest BCUT2D eigenvalue weighted by molar-refractivity contribution is 5.34. The van der Waals surface area contributed by atoms with E-state index in [0.29, 0.717) is 5.92 Å². The zero-order valence-corrected chi connectivity index (χ0v) is 12.5. The van der Waals surface area contributed by atoms with Crippen molar-refractivity contribution in [3.8, 4) is 0 Å². The highest BCUT2D eigenvalue weighted by Crippen LogP contribution is 2.41. The van der Waals surface area contributed by atoms with Crippen LogP contribution in [-0.2, 0) is 19.4 Å². The summed E-state index contributed by atoms with van der Waals surface area (Å²) in [5, 5.41) is 3.46. The van der Waals surface area contributed by atoms with Gasteiger partial charge in [-0.05, 0) is 25.3 Å². The van der Waals surface area contributed by atoms with Gasteiger partial charge in [-0.1, -0.05) is 29.8 Å². The molecule has 1 aromatic carbocycles. The SMILES string of the molecule is Cc1ccc(Cc2nc3c(c(C4CC4)n2)CNCC3)cc1. The number of hydrogen-bond donors (Lipinski definition) is 1. The van der Waals surface area contributed by atoms with E-state index in [1.807, 2.05) is 0 Å². The van der Waals surface area contributed by atoms with Crippen LogP contribution in [0.15, 0.2) is 24.3 Å². The van der Waals surface area contributed by atoms with Gasteiger partial charge in [0.1, 0.15) is 5.82 Å². The van der Waals surface area contributed by atoms with Crippen LogP contribution in [0.1, 0.15) is 52.7 Å². The molecule has 2 heterocycles. The van der Waals surface area contributed by atoms with E-state index in [-0.39, 0.29) is 0 Å². The molecule has 1 N–H and O–H groups in total. The molecule has 0 atom stereocenters. The molecule has 1 aliphatic carbocycles. The van der Waals surface area contributed by atoms with Gasteiger partial charge in [0.25, 0.3) is 0 Å². The summed E-state index contributed by atoms with van der Waals surface area (Å²) >= 11 is 0. The molecule has 0 radical (unpaired) electrons. The van der Waals surface area contributed by atoms with Crippen LogP contribution in [0.25, 0.3) is 0 Å². The Labute approximate surface area is 125 Å². The second kappa shape index (κ2) is 5.23. The van der Waals surface area contributed by atoms with Gasteiger partial charge in [-0.2, -0.15) is 0 Å². The fourth-order valence-electron chi connectivity index (χ4n) is 3.08. The predicted octanol–water partition coefficient (Wildman–Crippen LogP) is 2.90. The van der Waals surface area contributed by atoms with Gasteiger partial charge in [0, 0.05) is 37.4 Å². The molecule has 0 amide bonds. The Bertz CT molecular complexity index is 657. The number of benzene rings is 1. The van der Waals surface area contributed by atoms with Crippen LogP contribution in [0.4, 0.5) is 0 Å². The lowest BCUT2D eigenvalue weighted by Crippen LogP contribution is -2.27. The summed E-state index contributed by atoms with van der Waals surface area (Å²) in [6, 6.07) is 8.71. The van der Waals surface area contributed by atoms with Crippen molar-refractivity contribution in [3.63, 3.8) is 0 Å². The standard InChI is InChI=1S/C18H21N3/c1-12-2-4-13(5-3-12)10-17-20-16-8-9-19-11-15(16)18(21-17)14-6-7-14/h2-5,14,19H,6-11H2,1H3. The van der Waals surface area contributed by atoms with E-state index in [2.05, 4.69) is 36.5 Å². The lowest BCUT2D eigenvalue weighted by molar-refractivity contribution is 0.610. The molecule has 1 aliphatic heterocycles. The van der Waals surface area contributed by atoms with Crippen LogP contribution in [-0.4, -0.2) is 16.5 Å². The summed E-state index contributed by atoms with van der Waals surface area (Å²) in [5.74, 6) is 1.69. The maximum Gasteiger partial charge on any atom is 0.133 e. The van der Waals surface area contributed by atoms with Crippen molar-refractivity contribution in [2.24, 2.45) is 0 Å². The minimum Gasteiger partial charge on any atom is -0.312 e. The first-order chi connectivity index (χ1) is 10.3. The van der Waals surface area contributed by atoms with Crippen LogP contribution in [0, 0.1) is 6.92 Å². The van der Waals surface area contributed by atoms with Gasteiger partial charge in [-0.25, -0.2) is 9.97 Å². The first kappa shape index (κ1) is 13.0. The second-order valence-electron chi connectivity index (χ2n) is 6.31. The monoisotopic (exact) mass is 279 g/mol. The van der Waals surface area contributed by atoms with Crippen LogP contribution in [0.3, 0.4) is 0 Å². The largest absolute Gasteiger partial charge is 0.312 e.